The van der Waals surface area contributed by atoms with Crippen LogP contribution in [0.2, 0.25) is 5.02 Å². The van der Waals surface area contributed by atoms with Crippen molar-refractivity contribution in [1.29, 1.82) is 0 Å². The highest BCUT2D eigenvalue weighted by Gasteiger charge is 2.30. The summed E-state index contributed by atoms with van der Waals surface area (Å²) in [6.45, 7) is 0.915. The van der Waals surface area contributed by atoms with Gasteiger partial charge in [0, 0.05) is 19.1 Å². The molecule has 1 aromatic heterocycles. The largest absolute Gasteiger partial charge is 0.327 e. The first kappa shape index (κ1) is 13.8. The van der Waals surface area contributed by atoms with Crippen LogP contribution in [-0.2, 0) is 10.0 Å². The molecule has 1 aliphatic heterocycles. The van der Waals surface area contributed by atoms with Crippen LogP contribution >= 0.6 is 38.9 Å². The van der Waals surface area contributed by atoms with Crippen molar-refractivity contribution in [2.24, 2.45) is 5.73 Å². The zero-order valence-electron chi connectivity index (χ0n) is 8.90. The molecule has 17 heavy (non-hydrogen) atoms. The van der Waals surface area contributed by atoms with Gasteiger partial charge in [-0.25, -0.2) is 8.42 Å². The van der Waals surface area contributed by atoms with Gasteiger partial charge >= 0.3 is 0 Å². The first-order chi connectivity index (χ1) is 7.91. The minimum absolute atomic E-state index is 0.0719. The Balaban J connectivity index is 2.29. The van der Waals surface area contributed by atoms with Gasteiger partial charge in [0.1, 0.15) is 4.21 Å². The molecule has 2 N–H and O–H groups in total. The molecular weight excluding hydrogens is 348 g/mol. The van der Waals surface area contributed by atoms with Crippen molar-refractivity contribution in [3.63, 3.8) is 0 Å². The van der Waals surface area contributed by atoms with E-state index in [2.05, 4.69) is 15.9 Å². The van der Waals surface area contributed by atoms with Crippen LogP contribution in [0.25, 0.3) is 0 Å². The fraction of sp³-hybridized carbons (Fsp3) is 0.556. The van der Waals surface area contributed by atoms with Crippen molar-refractivity contribution in [1.82, 2.24) is 4.31 Å². The summed E-state index contributed by atoms with van der Waals surface area (Å²) in [5.74, 6) is 0. The third kappa shape index (κ3) is 2.85. The highest BCUT2D eigenvalue weighted by molar-refractivity contribution is 9.11. The lowest BCUT2D eigenvalue weighted by Gasteiger charge is -2.29. The fourth-order valence-corrected chi connectivity index (χ4v) is 5.86. The lowest BCUT2D eigenvalue weighted by Crippen LogP contribution is -2.45. The molecule has 1 aromatic rings. The Kier molecular flexibility index (Phi) is 4.16. The fourth-order valence-electron chi connectivity index (χ4n) is 1.77. The number of thiophene rings is 1. The van der Waals surface area contributed by atoms with Crippen LogP contribution in [0.1, 0.15) is 12.8 Å². The molecule has 2 heterocycles. The highest BCUT2D eigenvalue weighted by Crippen LogP contribution is 2.36. The third-order valence-electron chi connectivity index (χ3n) is 2.64. The molecule has 0 spiro atoms. The number of sulfonamides is 1. The van der Waals surface area contributed by atoms with Crippen molar-refractivity contribution < 1.29 is 8.42 Å². The Morgan fingerprint density at radius 2 is 2.29 bits per heavy atom. The number of nitrogens with zero attached hydrogens (tertiary/aromatic N) is 1. The monoisotopic (exact) mass is 358 g/mol. The quantitative estimate of drug-likeness (QED) is 0.881. The van der Waals surface area contributed by atoms with Crippen LogP contribution in [0.3, 0.4) is 0 Å². The van der Waals surface area contributed by atoms with Gasteiger partial charge in [-0.3, -0.25) is 0 Å². The Hall–Kier alpha value is 0.340. The number of halogens is 2. The minimum Gasteiger partial charge on any atom is -0.327 e. The molecule has 1 aliphatic rings. The molecule has 2 rings (SSSR count). The van der Waals surface area contributed by atoms with Crippen LogP contribution in [0, 0.1) is 0 Å². The van der Waals surface area contributed by atoms with E-state index in [4.69, 9.17) is 17.3 Å². The molecule has 8 heteroatoms. The molecule has 0 bridgehead atoms. The van der Waals surface area contributed by atoms with Crippen LogP contribution < -0.4 is 5.73 Å². The van der Waals surface area contributed by atoms with Crippen molar-refractivity contribution in [2.45, 2.75) is 23.1 Å². The summed E-state index contributed by atoms with van der Waals surface area (Å²) in [5, 5.41) is 0.426. The Labute approximate surface area is 118 Å². The normalized spacial score (nSPS) is 22.9. The van der Waals surface area contributed by atoms with Crippen molar-refractivity contribution >= 4 is 48.9 Å². The number of nitrogens with two attached hydrogens (primary N) is 1. The van der Waals surface area contributed by atoms with Gasteiger partial charge in [0.25, 0.3) is 10.0 Å². The summed E-state index contributed by atoms with van der Waals surface area (Å²) in [7, 11) is -3.44. The van der Waals surface area contributed by atoms with E-state index in [1.807, 2.05) is 0 Å². The first-order valence-electron chi connectivity index (χ1n) is 5.12. The maximum atomic E-state index is 12.3. The van der Waals surface area contributed by atoms with Crippen LogP contribution in [-0.4, -0.2) is 31.9 Å². The molecule has 1 saturated heterocycles. The van der Waals surface area contributed by atoms with Crippen molar-refractivity contribution in [2.75, 3.05) is 13.1 Å². The second kappa shape index (κ2) is 5.14. The Morgan fingerprint density at radius 1 is 1.59 bits per heavy atom. The lowest BCUT2D eigenvalue weighted by molar-refractivity contribution is 0.316. The van der Waals surface area contributed by atoms with Gasteiger partial charge in [-0.1, -0.05) is 11.6 Å². The molecule has 0 aliphatic carbocycles. The van der Waals surface area contributed by atoms with E-state index in [0.717, 1.165) is 24.2 Å². The van der Waals surface area contributed by atoms with E-state index in [9.17, 15) is 8.42 Å². The maximum absolute atomic E-state index is 12.3. The van der Waals surface area contributed by atoms with E-state index in [1.54, 1.807) is 0 Å². The molecule has 0 aromatic carbocycles. The van der Waals surface area contributed by atoms with Gasteiger partial charge in [0.05, 0.1) is 8.81 Å². The van der Waals surface area contributed by atoms with Crippen LogP contribution in [0.4, 0.5) is 0 Å². The van der Waals surface area contributed by atoms with Gasteiger partial charge in [-0.05, 0) is 34.8 Å². The molecule has 0 amide bonds. The molecule has 0 saturated carbocycles. The summed E-state index contributed by atoms with van der Waals surface area (Å²) in [5.41, 5.74) is 5.80. The second-order valence-corrected chi connectivity index (χ2v) is 8.89. The number of rotatable bonds is 2. The molecule has 1 unspecified atom stereocenters. The molecule has 1 atom stereocenters. The van der Waals surface area contributed by atoms with Crippen LogP contribution in [0.15, 0.2) is 14.1 Å². The average molecular weight is 360 g/mol. The van der Waals surface area contributed by atoms with E-state index in [1.165, 1.54) is 10.4 Å². The summed E-state index contributed by atoms with van der Waals surface area (Å²) in [6, 6.07) is 1.41. The topological polar surface area (TPSA) is 63.4 Å². The zero-order valence-corrected chi connectivity index (χ0v) is 12.9. The van der Waals surface area contributed by atoms with Crippen molar-refractivity contribution in [3.8, 4) is 0 Å². The summed E-state index contributed by atoms with van der Waals surface area (Å²) in [4.78, 5) is 0. The molecular formula is C9H12BrClN2O2S2. The summed E-state index contributed by atoms with van der Waals surface area (Å²) < 4.78 is 26.9. The second-order valence-electron chi connectivity index (χ2n) is 3.95. The zero-order chi connectivity index (χ0) is 12.6. The highest BCUT2D eigenvalue weighted by atomic mass is 79.9. The minimum atomic E-state index is -3.44. The smallest absolute Gasteiger partial charge is 0.252 e. The standard InChI is InChI=1S/C9H12BrClN2O2S2/c10-9-7(11)4-8(16-9)17(14,15)13-3-1-2-6(12)5-13/h4,6H,1-3,5,12H2. The Morgan fingerprint density at radius 3 is 2.82 bits per heavy atom. The number of piperidine rings is 1. The van der Waals surface area contributed by atoms with E-state index < -0.39 is 10.0 Å². The molecule has 96 valence electrons. The van der Waals surface area contributed by atoms with E-state index in [-0.39, 0.29) is 10.3 Å². The first-order valence-corrected chi connectivity index (χ1v) is 8.54. The average Bonchev–Trinajstić information content (AvgIpc) is 2.60. The third-order valence-corrected chi connectivity index (χ3v) is 7.43. The lowest BCUT2D eigenvalue weighted by atomic mass is 10.1. The maximum Gasteiger partial charge on any atom is 0.252 e. The Bertz CT molecular complexity index is 498. The summed E-state index contributed by atoms with van der Waals surface area (Å²) >= 11 is 10.2. The van der Waals surface area contributed by atoms with E-state index >= 15 is 0 Å². The van der Waals surface area contributed by atoms with Gasteiger partial charge in [-0.2, -0.15) is 4.31 Å². The van der Waals surface area contributed by atoms with Gasteiger partial charge in [0.15, 0.2) is 0 Å². The number of hydrogen-bond donors (Lipinski definition) is 1. The van der Waals surface area contributed by atoms with Gasteiger partial charge in [0.2, 0.25) is 0 Å². The molecule has 4 nitrogen and oxygen atoms in total. The van der Waals surface area contributed by atoms with E-state index in [0.29, 0.717) is 21.9 Å². The predicted octanol–water partition coefficient (Wildman–Crippen LogP) is 2.28. The molecule has 0 radical (unpaired) electrons. The number of hydrogen-bond acceptors (Lipinski definition) is 4. The van der Waals surface area contributed by atoms with Gasteiger partial charge < -0.3 is 5.73 Å². The van der Waals surface area contributed by atoms with Gasteiger partial charge in [-0.15, -0.1) is 11.3 Å². The molecule has 1 fully saturated rings. The van der Waals surface area contributed by atoms with Crippen LogP contribution in [0.5, 0.6) is 0 Å². The van der Waals surface area contributed by atoms with Crippen molar-refractivity contribution in [3.05, 3.63) is 14.9 Å². The predicted molar refractivity (Wildman–Crippen MR) is 73.0 cm³/mol. The SMILES string of the molecule is NC1CCCN(S(=O)(=O)c2cc(Cl)c(Br)s2)C1. The summed E-state index contributed by atoms with van der Waals surface area (Å²) in [6.07, 6.45) is 1.68.